The highest BCUT2D eigenvalue weighted by molar-refractivity contribution is 7.10. The number of pyridine rings is 1. The van der Waals surface area contributed by atoms with Gasteiger partial charge in [0.25, 0.3) is 5.91 Å². The van der Waals surface area contributed by atoms with E-state index in [1.54, 1.807) is 24.1 Å². The van der Waals surface area contributed by atoms with Crippen LogP contribution in [0.2, 0.25) is 0 Å². The largest absolute Gasteiger partial charge is 0.335 e. The zero-order valence-corrected chi connectivity index (χ0v) is 12.4. The average molecular weight is 301 g/mol. The number of carbonyl (C=O) groups excluding carboxylic acids is 1. The number of carbonyl (C=O) groups is 1. The predicted molar refractivity (Wildman–Crippen MR) is 83.1 cm³/mol. The van der Waals surface area contributed by atoms with E-state index in [-0.39, 0.29) is 17.2 Å². The van der Waals surface area contributed by atoms with Crippen molar-refractivity contribution >= 4 is 17.2 Å². The Labute approximate surface area is 126 Å². The standard InChI is InChI=1S/C15H15N3O2S/c1-18(15(20)13-5-2-6-14(19)17-13)9-12-8-11(10-21-12)4-3-7-16/h2,5-6,8,10H,7,9,16H2,1H3,(H,17,19). The highest BCUT2D eigenvalue weighted by atomic mass is 32.1. The fraction of sp³-hybridized carbons (Fsp3) is 0.200. The third-order valence-corrected chi connectivity index (χ3v) is 3.65. The molecule has 2 aromatic heterocycles. The van der Waals surface area contributed by atoms with Crippen molar-refractivity contribution in [1.82, 2.24) is 9.88 Å². The Bertz CT molecular complexity index is 752. The molecule has 3 N–H and O–H groups in total. The lowest BCUT2D eigenvalue weighted by molar-refractivity contribution is 0.0780. The van der Waals surface area contributed by atoms with Crippen LogP contribution in [-0.4, -0.2) is 29.4 Å². The van der Waals surface area contributed by atoms with E-state index in [0.29, 0.717) is 13.1 Å². The van der Waals surface area contributed by atoms with Crippen molar-refractivity contribution < 1.29 is 4.79 Å². The topological polar surface area (TPSA) is 79.2 Å². The second-order valence-corrected chi connectivity index (χ2v) is 5.39. The molecule has 0 spiro atoms. The summed E-state index contributed by atoms with van der Waals surface area (Å²) < 4.78 is 0. The second-order valence-electron chi connectivity index (χ2n) is 4.40. The molecule has 2 heterocycles. The van der Waals surface area contributed by atoms with Gasteiger partial charge < -0.3 is 15.6 Å². The van der Waals surface area contributed by atoms with E-state index in [4.69, 9.17) is 5.73 Å². The molecule has 1 amide bonds. The fourth-order valence-corrected chi connectivity index (χ4v) is 2.63. The molecule has 0 unspecified atom stereocenters. The molecule has 2 aromatic rings. The van der Waals surface area contributed by atoms with Gasteiger partial charge in [-0.25, -0.2) is 0 Å². The summed E-state index contributed by atoms with van der Waals surface area (Å²) >= 11 is 1.53. The number of thiophene rings is 1. The number of nitrogens with two attached hydrogens (primary N) is 1. The first-order valence-electron chi connectivity index (χ1n) is 6.31. The van der Waals surface area contributed by atoms with E-state index in [0.717, 1.165) is 10.4 Å². The first-order valence-corrected chi connectivity index (χ1v) is 7.19. The molecule has 5 nitrogen and oxygen atoms in total. The van der Waals surface area contributed by atoms with Gasteiger partial charge in [-0.1, -0.05) is 17.9 Å². The van der Waals surface area contributed by atoms with Crippen LogP contribution in [0.3, 0.4) is 0 Å². The number of rotatable bonds is 3. The Kier molecular flexibility index (Phi) is 4.93. The Balaban J connectivity index is 2.07. The summed E-state index contributed by atoms with van der Waals surface area (Å²) in [6.45, 7) is 0.787. The molecule has 0 saturated carbocycles. The number of aromatic nitrogens is 1. The summed E-state index contributed by atoms with van der Waals surface area (Å²) in [4.78, 5) is 28.5. The summed E-state index contributed by atoms with van der Waals surface area (Å²) in [6.07, 6.45) is 0. The van der Waals surface area contributed by atoms with Gasteiger partial charge >= 0.3 is 0 Å². The van der Waals surface area contributed by atoms with Crippen LogP contribution in [-0.2, 0) is 6.54 Å². The highest BCUT2D eigenvalue weighted by Crippen LogP contribution is 2.16. The van der Waals surface area contributed by atoms with Crippen LogP contribution < -0.4 is 11.3 Å². The van der Waals surface area contributed by atoms with Crippen LogP contribution in [0.1, 0.15) is 20.9 Å². The highest BCUT2D eigenvalue weighted by Gasteiger charge is 2.13. The zero-order chi connectivity index (χ0) is 15.2. The van der Waals surface area contributed by atoms with Gasteiger partial charge in [-0.05, 0) is 12.1 Å². The molecule has 21 heavy (non-hydrogen) atoms. The quantitative estimate of drug-likeness (QED) is 0.831. The molecule has 0 aliphatic carbocycles. The molecule has 0 atom stereocenters. The van der Waals surface area contributed by atoms with Crippen molar-refractivity contribution in [3.63, 3.8) is 0 Å². The van der Waals surface area contributed by atoms with E-state index in [1.807, 2.05) is 11.4 Å². The predicted octanol–water partition coefficient (Wildman–Crippen LogP) is 1.02. The maximum Gasteiger partial charge on any atom is 0.270 e. The van der Waals surface area contributed by atoms with Crippen molar-refractivity contribution in [1.29, 1.82) is 0 Å². The molecule has 0 aliphatic heterocycles. The molecule has 0 aliphatic rings. The van der Waals surface area contributed by atoms with E-state index < -0.39 is 0 Å². The van der Waals surface area contributed by atoms with Crippen molar-refractivity contribution in [2.24, 2.45) is 5.73 Å². The van der Waals surface area contributed by atoms with Crippen molar-refractivity contribution in [3.8, 4) is 11.8 Å². The van der Waals surface area contributed by atoms with Crippen molar-refractivity contribution in [2.75, 3.05) is 13.6 Å². The van der Waals surface area contributed by atoms with Crippen LogP contribution in [0.15, 0.2) is 34.4 Å². The van der Waals surface area contributed by atoms with E-state index >= 15 is 0 Å². The molecule has 2 rings (SSSR count). The van der Waals surface area contributed by atoms with Gasteiger partial charge in [-0.2, -0.15) is 0 Å². The van der Waals surface area contributed by atoms with Crippen molar-refractivity contribution in [3.05, 3.63) is 56.1 Å². The lowest BCUT2D eigenvalue weighted by Crippen LogP contribution is -2.28. The molecule has 0 bridgehead atoms. The molecule has 108 valence electrons. The molecule has 0 saturated heterocycles. The van der Waals surface area contributed by atoms with Crippen LogP contribution >= 0.6 is 11.3 Å². The minimum absolute atomic E-state index is 0.226. The number of aromatic amines is 1. The molecule has 6 heteroatoms. The Morgan fingerprint density at radius 1 is 1.48 bits per heavy atom. The zero-order valence-electron chi connectivity index (χ0n) is 11.6. The third-order valence-electron chi connectivity index (χ3n) is 2.73. The number of H-pyrrole nitrogens is 1. The van der Waals surface area contributed by atoms with Gasteiger partial charge in [0.05, 0.1) is 13.1 Å². The summed E-state index contributed by atoms with van der Waals surface area (Å²) in [7, 11) is 1.69. The van der Waals surface area contributed by atoms with Gasteiger partial charge in [0.2, 0.25) is 5.56 Å². The second kappa shape index (κ2) is 6.88. The fourth-order valence-electron chi connectivity index (χ4n) is 1.77. The minimum Gasteiger partial charge on any atom is -0.335 e. The molecule has 0 fully saturated rings. The van der Waals surface area contributed by atoms with Gasteiger partial charge in [-0.3, -0.25) is 9.59 Å². The number of nitrogens with zero attached hydrogens (tertiary/aromatic N) is 1. The Hall–Kier alpha value is -2.36. The SMILES string of the molecule is CN(Cc1cc(C#CCN)cs1)C(=O)c1cccc(=O)[nH]1. The van der Waals surface area contributed by atoms with Crippen LogP contribution in [0.5, 0.6) is 0 Å². The van der Waals surface area contributed by atoms with Crippen LogP contribution in [0, 0.1) is 11.8 Å². The molecular formula is C15H15N3O2S. The maximum atomic E-state index is 12.2. The lowest BCUT2D eigenvalue weighted by atomic mass is 10.3. The summed E-state index contributed by atoms with van der Waals surface area (Å²) in [5.41, 5.74) is 6.22. The molecule has 0 aromatic carbocycles. The van der Waals surface area contributed by atoms with E-state index in [9.17, 15) is 9.59 Å². The van der Waals surface area contributed by atoms with Gasteiger partial charge in [0.1, 0.15) is 5.69 Å². The van der Waals surface area contributed by atoms with Crippen LogP contribution in [0.4, 0.5) is 0 Å². The smallest absolute Gasteiger partial charge is 0.270 e. The number of hydrogen-bond acceptors (Lipinski definition) is 4. The first-order chi connectivity index (χ1) is 10.1. The molecule has 0 radical (unpaired) electrons. The summed E-state index contributed by atoms with van der Waals surface area (Å²) in [5.74, 6) is 5.51. The minimum atomic E-state index is -0.287. The normalized spacial score (nSPS) is 9.81. The molecular weight excluding hydrogens is 286 g/mol. The maximum absolute atomic E-state index is 12.2. The van der Waals surface area contributed by atoms with Gasteiger partial charge in [-0.15, -0.1) is 11.3 Å². The Morgan fingerprint density at radius 3 is 3.00 bits per heavy atom. The summed E-state index contributed by atoms with van der Waals surface area (Å²) in [6, 6.07) is 6.46. The van der Waals surface area contributed by atoms with E-state index in [2.05, 4.69) is 16.8 Å². The van der Waals surface area contributed by atoms with Crippen molar-refractivity contribution in [2.45, 2.75) is 6.54 Å². The first kappa shape index (κ1) is 15.0. The number of amides is 1. The lowest BCUT2D eigenvalue weighted by Gasteiger charge is -2.15. The van der Waals surface area contributed by atoms with Gasteiger partial charge in [0, 0.05) is 28.9 Å². The Morgan fingerprint density at radius 2 is 2.29 bits per heavy atom. The third kappa shape index (κ3) is 4.05. The van der Waals surface area contributed by atoms with E-state index in [1.165, 1.54) is 17.4 Å². The summed E-state index contributed by atoms with van der Waals surface area (Å²) in [5, 5.41) is 1.93. The monoisotopic (exact) mass is 301 g/mol. The van der Waals surface area contributed by atoms with Crippen LogP contribution in [0.25, 0.3) is 0 Å². The number of hydrogen-bond donors (Lipinski definition) is 2. The number of nitrogens with one attached hydrogen (secondary N) is 1. The van der Waals surface area contributed by atoms with Gasteiger partial charge in [0.15, 0.2) is 0 Å². The average Bonchev–Trinajstić information content (AvgIpc) is 2.91.